The first-order chi connectivity index (χ1) is 12.9. The highest BCUT2D eigenvalue weighted by Gasteiger charge is 2.34. The van der Waals surface area contributed by atoms with Crippen LogP contribution < -0.4 is 10.6 Å². The number of hydrogen-bond donors (Lipinski definition) is 3. The fourth-order valence-electron chi connectivity index (χ4n) is 2.77. The third-order valence-corrected chi connectivity index (χ3v) is 4.13. The predicted molar refractivity (Wildman–Crippen MR) is 89.7 cm³/mol. The number of halogens is 3. The Labute approximate surface area is 153 Å². The van der Waals surface area contributed by atoms with Crippen LogP contribution in [0.15, 0.2) is 30.5 Å². The molecule has 27 heavy (non-hydrogen) atoms. The molecular weight excluding hydrogens is 365 g/mol. The first-order valence-corrected chi connectivity index (χ1v) is 8.38. The van der Waals surface area contributed by atoms with Crippen LogP contribution in [0.1, 0.15) is 16.1 Å². The lowest BCUT2D eigenvalue weighted by molar-refractivity contribution is -0.137. The molecule has 0 saturated carbocycles. The van der Waals surface area contributed by atoms with E-state index >= 15 is 0 Å². The second kappa shape index (κ2) is 7.97. The second-order valence-electron chi connectivity index (χ2n) is 6.18. The van der Waals surface area contributed by atoms with E-state index in [4.69, 9.17) is 4.74 Å². The van der Waals surface area contributed by atoms with E-state index in [1.54, 1.807) is 0 Å². The topological polar surface area (TPSA) is 88.4 Å². The molecule has 2 aromatic rings. The van der Waals surface area contributed by atoms with Crippen LogP contribution in [0.4, 0.5) is 13.2 Å². The third-order valence-electron chi connectivity index (χ3n) is 4.13. The van der Waals surface area contributed by atoms with Crippen molar-refractivity contribution in [3.05, 3.63) is 41.7 Å². The fourth-order valence-corrected chi connectivity index (χ4v) is 2.77. The molecule has 1 amide bonds. The van der Waals surface area contributed by atoms with Gasteiger partial charge in [0.2, 0.25) is 0 Å². The van der Waals surface area contributed by atoms with Gasteiger partial charge in [0.05, 0.1) is 30.7 Å². The highest BCUT2D eigenvalue weighted by atomic mass is 19.4. The Hall–Kier alpha value is -2.59. The molecule has 146 valence electrons. The summed E-state index contributed by atoms with van der Waals surface area (Å²) < 4.78 is 45.7. The smallest absolute Gasteiger partial charge is 0.418 e. The Morgan fingerprint density at radius 1 is 1.41 bits per heavy atom. The Morgan fingerprint density at radius 3 is 2.96 bits per heavy atom. The first-order valence-electron chi connectivity index (χ1n) is 8.38. The van der Waals surface area contributed by atoms with Gasteiger partial charge in [-0.3, -0.25) is 4.79 Å². The summed E-state index contributed by atoms with van der Waals surface area (Å²) in [5.74, 6) is -1.12. The van der Waals surface area contributed by atoms with Crippen molar-refractivity contribution in [1.82, 2.24) is 20.4 Å². The summed E-state index contributed by atoms with van der Waals surface area (Å²) in [4.78, 5) is 12.3. The van der Waals surface area contributed by atoms with E-state index in [-0.39, 0.29) is 23.8 Å². The summed E-state index contributed by atoms with van der Waals surface area (Å²) in [7, 11) is 0. The fraction of sp³-hybridized carbons (Fsp3) is 0.412. The maximum Gasteiger partial charge on any atom is 0.418 e. The lowest BCUT2D eigenvalue weighted by atomic mass is 10.1. The van der Waals surface area contributed by atoms with Crippen LogP contribution in [0.25, 0.3) is 5.69 Å². The largest absolute Gasteiger partial charge is 0.504 e. The van der Waals surface area contributed by atoms with Gasteiger partial charge in [0.1, 0.15) is 0 Å². The first kappa shape index (κ1) is 19.2. The molecular formula is C17H19F3N4O3. The standard InChI is InChI=1S/C17H19F3N4O3/c18-17(19,20)12-3-1-2-4-13(12)24-9-14(25)15(23-24)16(26)22-8-11-7-21-5-6-27-10-11/h1-4,9,11,21,25H,5-8,10H2,(H,22,26). The van der Waals surface area contributed by atoms with E-state index in [9.17, 15) is 23.1 Å². The van der Waals surface area contributed by atoms with E-state index in [2.05, 4.69) is 15.7 Å². The van der Waals surface area contributed by atoms with Crippen molar-refractivity contribution in [3.8, 4) is 11.4 Å². The van der Waals surface area contributed by atoms with E-state index in [0.717, 1.165) is 23.5 Å². The van der Waals surface area contributed by atoms with Crippen LogP contribution in [0, 0.1) is 5.92 Å². The Morgan fingerprint density at radius 2 is 2.19 bits per heavy atom. The monoisotopic (exact) mass is 384 g/mol. The van der Waals surface area contributed by atoms with Gasteiger partial charge in [0.15, 0.2) is 11.4 Å². The van der Waals surface area contributed by atoms with Gasteiger partial charge in [-0.25, -0.2) is 4.68 Å². The highest BCUT2D eigenvalue weighted by molar-refractivity contribution is 5.94. The number of aromatic hydroxyl groups is 1. The van der Waals surface area contributed by atoms with Crippen LogP contribution in [-0.2, 0) is 10.9 Å². The summed E-state index contributed by atoms with van der Waals surface area (Å²) in [5.41, 5.74) is -1.53. The number of carbonyl (C=O) groups excluding carboxylic acids is 1. The number of carbonyl (C=O) groups is 1. The van der Waals surface area contributed by atoms with E-state index in [1.165, 1.54) is 18.2 Å². The van der Waals surface area contributed by atoms with Gasteiger partial charge < -0.3 is 20.5 Å². The maximum atomic E-state index is 13.2. The van der Waals surface area contributed by atoms with Gasteiger partial charge in [0.25, 0.3) is 5.91 Å². The molecule has 1 aliphatic rings. The number of aromatic nitrogens is 2. The molecule has 1 aliphatic heterocycles. The van der Waals surface area contributed by atoms with Crippen molar-refractivity contribution < 1.29 is 27.8 Å². The zero-order valence-corrected chi connectivity index (χ0v) is 14.3. The minimum atomic E-state index is -4.59. The van der Waals surface area contributed by atoms with Crippen LogP contribution in [0.3, 0.4) is 0 Å². The van der Waals surface area contributed by atoms with E-state index in [0.29, 0.717) is 19.8 Å². The highest BCUT2D eigenvalue weighted by Crippen LogP contribution is 2.34. The zero-order valence-electron chi connectivity index (χ0n) is 14.3. The van der Waals surface area contributed by atoms with Crippen LogP contribution >= 0.6 is 0 Å². The summed E-state index contributed by atoms with van der Waals surface area (Å²) in [5, 5.41) is 19.6. The van der Waals surface area contributed by atoms with Gasteiger partial charge >= 0.3 is 6.18 Å². The minimum absolute atomic E-state index is 0.0478. The lowest BCUT2D eigenvalue weighted by Crippen LogP contribution is -2.35. The van der Waals surface area contributed by atoms with Gasteiger partial charge in [-0.05, 0) is 12.1 Å². The van der Waals surface area contributed by atoms with Gasteiger partial charge in [-0.15, -0.1) is 0 Å². The van der Waals surface area contributed by atoms with Crippen LogP contribution in [-0.4, -0.2) is 53.6 Å². The van der Waals surface area contributed by atoms with Crippen LogP contribution in [0.5, 0.6) is 5.75 Å². The molecule has 3 rings (SSSR count). The van der Waals surface area contributed by atoms with Gasteiger partial charge in [0, 0.05) is 25.6 Å². The molecule has 1 unspecified atom stereocenters. The number of rotatable bonds is 4. The summed E-state index contributed by atoms with van der Waals surface area (Å²) in [6.45, 7) is 2.76. The van der Waals surface area contributed by atoms with Crippen molar-refractivity contribution in [2.24, 2.45) is 5.92 Å². The van der Waals surface area contributed by atoms with Gasteiger partial charge in [-0.2, -0.15) is 18.3 Å². The molecule has 7 nitrogen and oxygen atoms in total. The molecule has 3 N–H and O–H groups in total. The molecule has 1 aromatic heterocycles. The van der Waals surface area contributed by atoms with Crippen molar-refractivity contribution in [3.63, 3.8) is 0 Å². The predicted octanol–water partition coefficient (Wildman–Crippen LogP) is 1.56. The number of alkyl halides is 3. The number of para-hydroxylation sites is 1. The lowest BCUT2D eigenvalue weighted by Gasteiger charge is -2.14. The molecule has 0 aliphatic carbocycles. The van der Waals surface area contributed by atoms with E-state index in [1.807, 2.05) is 0 Å². The zero-order chi connectivity index (χ0) is 19.4. The number of hydrogen-bond acceptors (Lipinski definition) is 5. The van der Waals surface area contributed by atoms with Crippen molar-refractivity contribution in [1.29, 1.82) is 0 Å². The molecule has 10 heteroatoms. The Bertz CT molecular complexity index is 799. The van der Waals surface area contributed by atoms with Gasteiger partial charge in [-0.1, -0.05) is 12.1 Å². The molecule has 0 bridgehead atoms. The van der Waals surface area contributed by atoms with E-state index < -0.39 is 23.4 Å². The van der Waals surface area contributed by atoms with Crippen molar-refractivity contribution >= 4 is 5.91 Å². The minimum Gasteiger partial charge on any atom is -0.504 e. The normalized spacial score (nSPS) is 18.1. The Kier molecular flexibility index (Phi) is 5.66. The molecule has 1 aromatic carbocycles. The van der Waals surface area contributed by atoms with Crippen LogP contribution in [0.2, 0.25) is 0 Å². The number of nitrogens with zero attached hydrogens (tertiary/aromatic N) is 2. The molecule has 1 atom stereocenters. The molecule has 1 fully saturated rings. The summed E-state index contributed by atoms with van der Waals surface area (Å²) in [6, 6.07) is 4.80. The average Bonchev–Trinajstić information content (AvgIpc) is 2.84. The van der Waals surface area contributed by atoms with Crippen molar-refractivity contribution in [2.45, 2.75) is 6.18 Å². The Balaban J connectivity index is 1.76. The SMILES string of the molecule is O=C(NCC1CNCCOC1)c1nn(-c2ccccc2C(F)(F)F)cc1O. The maximum absolute atomic E-state index is 13.2. The number of ether oxygens (including phenoxy) is 1. The third kappa shape index (κ3) is 4.58. The number of benzene rings is 1. The molecule has 2 heterocycles. The molecule has 0 radical (unpaired) electrons. The molecule has 0 spiro atoms. The molecule has 1 saturated heterocycles. The van der Waals surface area contributed by atoms with Crippen molar-refractivity contribution in [2.75, 3.05) is 32.8 Å². The summed E-state index contributed by atoms with van der Waals surface area (Å²) in [6.07, 6.45) is -3.61. The number of nitrogens with one attached hydrogen (secondary N) is 2. The summed E-state index contributed by atoms with van der Waals surface area (Å²) >= 11 is 0. The quantitative estimate of drug-likeness (QED) is 0.745. The average molecular weight is 384 g/mol. The second-order valence-corrected chi connectivity index (χ2v) is 6.18. The number of amides is 1.